The number of amides is 1. The number of nitrogens with one attached hydrogen (secondary N) is 1. The lowest BCUT2D eigenvalue weighted by Gasteiger charge is -2.22. The van der Waals surface area contributed by atoms with Gasteiger partial charge in [-0.3, -0.25) is 4.79 Å². The van der Waals surface area contributed by atoms with Crippen molar-refractivity contribution in [3.63, 3.8) is 0 Å². The number of nitrogens with zero attached hydrogens (tertiary/aromatic N) is 1. The standard InChI is InChI=1S/C14H25N3O3S/c1-5-11(6-2)10(4)16-14(18)13-8-12(21(15,19)20)9-17(13)7-3/h8-11H,5-7H2,1-4H3,(H,16,18)(H2,15,19,20). The van der Waals surface area contributed by atoms with Crippen LogP contribution in [0.4, 0.5) is 0 Å². The first kappa shape index (κ1) is 17.7. The Hall–Kier alpha value is -1.34. The smallest absolute Gasteiger partial charge is 0.268 e. The van der Waals surface area contributed by atoms with Crippen molar-refractivity contribution in [3.05, 3.63) is 18.0 Å². The van der Waals surface area contributed by atoms with Crippen molar-refractivity contribution >= 4 is 15.9 Å². The molecule has 1 amide bonds. The lowest BCUT2D eigenvalue weighted by atomic mass is 9.95. The highest BCUT2D eigenvalue weighted by molar-refractivity contribution is 7.89. The van der Waals surface area contributed by atoms with E-state index in [1.807, 2.05) is 13.8 Å². The number of nitrogens with two attached hydrogens (primary N) is 1. The quantitative estimate of drug-likeness (QED) is 0.802. The maximum Gasteiger partial charge on any atom is 0.268 e. The fraction of sp³-hybridized carbons (Fsp3) is 0.643. The normalized spacial score (nSPS) is 13.4. The number of sulfonamides is 1. The third-order valence-corrected chi connectivity index (χ3v) is 4.77. The number of aromatic nitrogens is 1. The second kappa shape index (κ2) is 7.09. The summed E-state index contributed by atoms with van der Waals surface area (Å²) in [5.74, 6) is 0.128. The molecule has 6 nitrogen and oxygen atoms in total. The Bertz CT molecular complexity index is 589. The lowest BCUT2D eigenvalue weighted by Crippen LogP contribution is -2.38. The Balaban J connectivity index is 3.00. The van der Waals surface area contributed by atoms with E-state index in [9.17, 15) is 13.2 Å². The average Bonchev–Trinajstić information content (AvgIpc) is 2.84. The molecule has 0 aliphatic carbocycles. The highest BCUT2D eigenvalue weighted by Crippen LogP contribution is 2.16. The summed E-state index contributed by atoms with van der Waals surface area (Å²) in [4.78, 5) is 12.3. The number of primary sulfonamides is 1. The fourth-order valence-electron chi connectivity index (χ4n) is 2.49. The van der Waals surface area contributed by atoms with Crippen LogP contribution in [0.1, 0.15) is 51.0 Å². The van der Waals surface area contributed by atoms with Gasteiger partial charge in [0.2, 0.25) is 10.0 Å². The number of carbonyl (C=O) groups excluding carboxylic acids is 1. The Labute approximate surface area is 126 Å². The Kier molecular flexibility index (Phi) is 5.98. The molecule has 1 unspecified atom stereocenters. The van der Waals surface area contributed by atoms with Gasteiger partial charge in [0.05, 0.1) is 0 Å². The Morgan fingerprint density at radius 2 is 1.90 bits per heavy atom. The van der Waals surface area contributed by atoms with Crippen LogP contribution in [-0.4, -0.2) is 24.9 Å². The molecule has 21 heavy (non-hydrogen) atoms. The Morgan fingerprint density at radius 1 is 1.33 bits per heavy atom. The molecule has 0 radical (unpaired) electrons. The van der Waals surface area contributed by atoms with E-state index >= 15 is 0 Å². The van der Waals surface area contributed by atoms with E-state index in [2.05, 4.69) is 19.2 Å². The van der Waals surface area contributed by atoms with Gasteiger partial charge >= 0.3 is 0 Å². The molecule has 0 fully saturated rings. The van der Waals surface area contributed by atoms with Crippen LogP contribution in [0.2, 0.25) is 0 Å². The first-order chi connectivity index (χ1) is 9.74. The molecular weight excluding hydrogens is 290 g/mol. The topological polar surface area (TPSA) is 94.2 Å². The van der Waals surface area contributed by atoms with E-state index in [1.165, 1.54) is 12.3 Å². The van der Waals surface area contributed by atoms with Gasteiger partial charge in [-0.25, -0.2) is 13.6 Å². The maximum atomic E-state index is 12.3. The molecule has 7 heteroatoms. The summed E-state index contributed by atoms with van der Waals surface area (Å²) in [5.41, 5.74) is 0.319. The summed E-state index contributed by atoms with van der Waals surface area (Å²) >= 11 is 0. The van der Waals surface area contributed by atoms with Gasteiger partial charge in [-0.15, -0.1) is 0 Å². The molecule has 1 heterocycles. The number of carbonyl (C=O) groups is 1. The molecule has 0 saturated heterocycles. The zero-order valence-corrected chi connectivity index (χ0v) is 13.9. The van der Waals surface area contributed by atoms with Crippen LogP contribution in [0.5, 0.6) is 0 Å². The number of hydrogen-bond acceptors (Lipinski definition) is 3. The number of hydrogen-bond donors (Lipinski definition) is 2. The third kappa shape index (κ3) is 4.31. The number of aryl methyl sites for hydroxylation is 1. The van der Waals surface area contributed by atoms with Crippen molar-refractivity contribution in [2.24, 2.45) is 11.1 Å². The van der Waals surface area contributed by atoms with Crippen molar-refractivity contribution < 1.29 is 13.2 Å². The molecule has 1 aromatic rings. The van der Waals surface area contributed by atoms with Gasteiger partial charge in [0, 0.05) is 18.8 Å². The van der Waals surface area contributed by atoms with Crippen LogP contribution >= 0.6 is 0 Å². The van der Waals surface area contributed by atoms with Crippen LogP contribution in [0, 0.1) is 5.92 Å². The predicted molar refractivity (Wildman–Crippen MR) is 82.5 cm³/mol. The maximum absolute atomic E-state index is 12.3. The van der Waals surface area contributed by atoms with Gasteiger partial charge in [0.25, 0.3) is 5.91 Å². The zero-order valence-electron chi connectivity index (χ0n) is 13.1. The molecule has 0 bridgehead atoms. The predicted octanol–water partition coefficient (Wildman–Crippen LogP) is 1.71. The van der Waals surface area contributed by atoms with Gasteiger partial charge in [-0.2, -0.15) is 0 Å². The van der Waals surface area contributed by atoms with Crippen LogP contribution in [-0.2, 0) is 16.6 Å². The van der Waals surface area contributed by atoms with Gasteiger partial charge < -0.3 is 9.88 Å². The first-order valence-electron chi connectivity index (χ1n) is 7.28. The molecule has 0 spiro atoms. The summed E-state index contributed by atoms with van der Waals surface area (Å²) in [6.45, 7) is 8.48. The summed E-state index contributed by atoms with van der Waals surface area (Å²) in [6.07, 6.45) is 3.36. The zero-order chi connectivity index (χ0) is 16.2. The van der Waals surface area contributed by atoms with E-state index in [0.717, 1.165) is 12.8 Å². The van der Waals surface area contributed by atoms with Crippen LogP contribution in [0.15, 0.2) is 17.2 Å². The highest BCUT2D eigenvalue weighted by atomic mass is 32.2. The number of rotatable bonds is 7. The van der Waals surface area contributed by atoms with Crippen molar-refractivity contribution in [2.75, 3.05) is 0 Å². The minimum Gasteiger partial charge on any atom is -0.348 e. The van der Waals surface area contributed by atoms with Crippen molar-refractivity contribution in [3.8, 4) is 0 Å². The van der Waals surface area contributed by atoms with Gasteiger partial charge in [0.1, 0.15) is 10.6 Å². The molecule has 0 saturated carbocycles. The van der Waals surface area contributed by atoms with Crippen LogP contribution < -0.4 is 10.5 Å². The van der Waals surface area contributed by atoms with E-state index in [-0.39, 0.29) is 16.8 Å². The van der Waals surface area contributed by atoms with Crippen LogP contribution in [0.3, 0.4) is 0 Å². The van der Waals surface area contributed by atoms with E-state index in [1.54, 1.807) is 4.57 Å². The monoisotopic (exact) mass is 315 g/mol. The van der Waals surface area contributed by atoms with Crippen molar-refractivity contribution in [1.29, 1.82) is 0 Å². The van der Waals surface area contributed by atoms with Gasteiger partial charge in [-0.05, 0) is 25.8 Å². The molecule has 1 atom stereocenters. The van der Waals surface area contributed by atoms with Crippen LogP contribution in [0.25, 0.3) is 0 Å². The molecular formula is C14H25N3O3S. The molecule has 0 aliphatic rings. The average molecular weight is 315 g/mol. The highest BCUT2D eigenvalue weighted by Gasteiger charge is 2.21. The van der Waals surface area contributed by atoms with E-state index in [4.69, 9.17) is 5.14 Å². The summed E-state index contributed by atoms with van der Waals surface area (Å²) < 4.78 is 24.4. The Morgan fingerprint density at radius 3 is 2.33 bits per heavy atom. The molecule has 0 aliphatic heterocycles. The minimum absolute atomic E-state index is 0.0330. The molecule has 120 valence electrons. The van der Waals surface area contributed by atoms with Crippen molar-refractivity contribution in [2.45, 2.75) is 58.0 Å². The second-order valence-corrected chi connectivity index (χ2v) is 6.79. The van der Waals surface area contributed by atoms with E-state index in [0.29, 0.717) is 18.2 Å². The third-order valence-electron chi connectivity index (χ3n) is 3.89. The summed E-state index contributed by atoms with van der Waals surface area (Å²) in [6, 6.07) is 1.36. The van der Waals surface area contributed by atoms with E-state index < -0.39 is 10.0 Å². The first-order valence-corrected chi connectivity index (χ1v) is 8.82. The SMILES string of the molecule is CCC(CC)C(C)NC(=O)c1cc(S(N)(=O)=O)cn1CC. The fourth-order valence-corrected chi connectivity index (χ4v) is 3.04. The largest absolute Gasteiger partial charge is 0.348 e. The molecule has 1 aromatic heterocycles. The molecule has 0 aromatic carbocycles. The molecule has 3 N–H and O–H groups in total. The summed E-state index contributed by atoms with van der Waals surface area (Å²) in [7, 11) is -3.80. The van der Waals surface area contributed by atoms with Gasteiger partial charge in [-0.1, -0.05) is 26.7 Å². The minimum atomic E-state index is -3.80. The molecule has 1 rings (SSSR count). The lowest BCUT2D eigenvalue weighted by molar-refractivity contribution is 0.0916. The second-order valence-electron chi connectivity index (χ2n) is 5.23. The van der Waals surface area contributed by atoms with Crippen molar-refractivity contribution in [1.82, 2.24) is 9.88 Å². The van der Waals surface area contributed by atoms with Gasteiger partial charge in [0.15, 0.2) is 0 Å². The summed E-state index contributed by atoms with van der Waals surface area (Å²) in [5, 5.41) is 8.06.